The van der Waals surface area contributed by atoms with Gasteiger partial charge in [0.2, 0.25) is 11.8 Å². The van der Waals surface area contributed by atoms with Crippen molar-refractivity contribution < 1.29 is 29.4 Å². The van der Waals surface area contributed by atoms with Crippen molar-refractivity contribution in [2.45, 2.75) is 0 Å². The summed E-state index contributed by atoms with van der Waals surface area (Å²) in [5.74, 6) is -4.68. The summed E-state index contributed by atoms with van der Waals surface area (Å²) in [4.78, 5) is 45.0. The van der Waals surface area contributed by atoms with Gasteiger partial charge in [0.05, 0.1) is 22.3 Å². The maximum Gasteiger partial charge on any atom is 0.336 e. The van der Waals surface area contributed by atoms with Crippen LogP contribution in [0.2, 0.25) is 0 Å². The van der Waals surface area contributed by atoms with Gasteiger partial charge in [-0.25, -0.2) is 9.59 Å². The molecule has 0 bridgehead atoms. The van der Waals surface area contributed by atoms with Crippen molar-refractivity contribution in [2.75, 3.05) is 0 Å². The average Bonchev–Trinajstić information content (AvgIpc) is 2.77. The Morgan fingerprint density at radius 2 is 0.781 bits per heavy atom. The van der Waals surface area contributed by atoms with Gasteiger partial charge >= 0.3 is 11.9 Å². The fourth-order valence-electron chi connectivity index (χ4n) is 3.24. The molecule has 160 valence electrons. The topological polar surface area (TPSA) is 161 Å². The molecule has 6 N–H and O–H groups in total. The van der Waals surface area contributed by atoms with Crippen molar-refractivity contribution in [3.05, 3.63) is 95.1 Å². The van der Waals surface area contributed by atoms with Crippen molar-refractivity contribution in [1.82, 2.24) is 0 Å². The van der Waals surface area contributed by atoms with Crippen molar-refractivity contribution in [3.8, 4) is 0 Å². The van der Waals surface area contributed by atoms with Gasteiger partial charge in [-0.1, -0.05) is 48.5 Å². The fourth-order valence-corrected chi connectivity index (χ4v) is 3.24. The van der Waals surface area contributed by atoms with E-state index in [0.29, 0.717) is 0 Å². The van der Waals surface area contributed by atoms with E-state index >= 15 is 0 Å². The van der Waals surface area contributed by atoms with E-state index in [-0.39, 0.29) is 21.9 Å². The Morgan fingerprint density at radius 3 is 1.03 bits per heavy atom. The molecule has 0 aliphatic rings. The third-order valence-corrected chi connectivity index (χ3v) is 4.76. The van der Waals surface area contributed by atoms with Gasteiger partial charge < -0.3 is 21.7 Å². The molecule has 2 amide bonds. The molecule has 4 aromatic carbocycles. The van der Waals surface area contributed by atoms with E-state index in [2.05, 4.69) is 48.5 Å². The number of aromatic carboxylic acids is 2. The third kappa shape index (κ3) is 4.54. The predicted molar refractivity (Wildman–Crippen MR) is 119 cm³/mol. The smallest absolute Gasteiger partial charge is 0.336 e. The van der Waals surface area contributed by atoms with Crippen LogP contribution in [0, 0.1) is 0 Å². The lowest BCUT2D eigenvalue weighted by Gasteiger charge is -2.09. The second-order valence-corrected chi connectivity index (χ2v) is 6.83. The number of carboxylic acids is 2. The molecule has 0 aromatic heterocycles. The van der Waals surface area contributed by atoms with Crippen LogP contribution in [-0.4, -0.2) is 34.0 Å². The molecule has 0 unspecified atom stereocenters. The highest BCUT2D eigenvalue weighted by Crippen LogP contribution is 2.24. The third-order valence-electron chi connectivity index (χ3n) is 4.76. The lowest BCUT2D eigenvalue weighted by Crippen LogP contribution is -2.20. The van der Waals surface area contributed by atoms with Crippen molar-refractivity contribution in [2.24, 2.45) is 11.5 Å². The molecule has 0 heterocycles. The van der Waals surface area contributed by atoms with Gasteiger partial charge in [0.1, 0.15) is 0 Å². The van der Waals surface area contributed by atoms with Gasteiger partial charge in [-0.05, 0) is 45.8 Å². The second-order valence-electron chi connectivity index (χ2n) is 6.83. The van der Waals surface area contributed by atoms with E-state index in [1.807, 2.05) is 0 Å². The molecule has 0 aliphatic heterocycles. The molecule has 8 nitrogen and oxygen atoms in total. The summed E-state index contributed by atoms with van der Waals surface area (Å²) in [5.41, 5.74) is 9.11. The molecule has 4 rings (SSSR count). The SMILES string of the molecule is NC(=O)c1cc2cc(C(=O)O)c(C(=O)O)cc2cc1C(N)=O.c1ccc2ccccc2c1. The van der Waals surface area contributed by atoms with Gasteiger partial charge in [-0.3, -0.25) is 9.59 Å². The zero-order chi connectivity index (χ0) is 23.4. The number of carboxylic acid groups (broad SMARTS) is 2. The molecule has 0 fully saturated rings. The molecule has 0 saturated heterocycles. The largest absolute Gasteiger partial charge is 0.478 e. The molecule has 0 spiro atoms. The zero-order valence-corrected chi connectivity index (χ0v) is 16.6. The summed E-state index contributed by atoms with van der Waals surface area (Å²) in [5, 5.41) is 21.3. The van der Waals surface area contributed by atoms with Crippen LogP contribution in [-0.2, 0) is 0 Å². The van der Waals surface area contributed by atoms with E-state index < -0.39 is 34.9 Å². The van der Waals surface area contributed by atoms with E-state index in [9.17, 15) is 19.2 Å². The van der Waals surface area contributed by atoms with Gasteiger partial charge in [0.15, 0.2) is 0 Å². The normalized spacial score (nSPS) is 10.2. The first-order valence-electron chi connectivity index (χ1n) is 9.31. The molecule has 0 saturated carbocycles. The fraction of sp³-hybridized carbons (Fsp3) is 0. The Kier molecular flexibility index (Phi) is 6.16. The van der Waals surface area contributed by atoms with Crippen LogP contribution in [0.25, 0.3) is 21.5 Å². The van der Waals surface area contributed by atoms with E-state index in [4.69, 9.17) is 21.7 Å². The summed E-state index contributed by atoms with van der Waals surface area (Å²) in [6, 6.07) is 21.3. The van der Waals surface area contributed by atoms with Gasteiger partial charge in [-0.15, -0.1) is 0 Å². The number of benzene rings is 4. The summed E-state index contributed by atoms with van der Waals surface area (Å²) in [6.45, 7) is 0. The summed E-state index contributed by atoms with van der Waals surface area (Å²) in [7, 11) is 0. The number of fused-ring (bicyclic) bond motifs is 2. The van der Waals surface area contributed by atoms with Crippen molar-refractivity contribution in [1.29, 1.82) is 0 Å². The summed E-state index contributed by atoms with van der Waals surface area (Å²) >= 11 is 0. The number of carbonyl (C=O) groups excluding carboxylic acids is 2. The number of rotatable bonds is 4. The Morgan fingerprint density at radius 1 is 0.500 bits per heavy atom. The number of amides is 2. The zero-order valence-electron chi connectivity index (χ0n) is 16.6. The minimum Gasteiger partial charge on any atom is -0.478 e. The van der Waals surface area contributed by atoms with Crippen molar-refractivity contribution in [3.63, 3.8) is 0 Å². The molecule has 0 atom stereocenters. The van der Waals surface area contributed by atoms with Gasteiger partial charge in [0, 0.05) is 0 Å². The molecule has 4 aromatic rings. The maximum atomic E-state index is 11.4. The highest BCUT2D eigenvalue weighted by atomic mass is 16.4. The molecule has 8 heteroatoms. The number of carbonyl (C=O) groups is 4. The number of hydrogen-bond donors (Lipinski definition) is 4. The monoisotopic (exact) mass is 430 g/mol. The van der Waals surface area contributed by atoms with Crippen LogP contribution >= 0.6 is 0 Å². The first-order valence-corrected chi connectivity index (χ1v) is 9.31. The second kappa shape index (κ2) is 8.97. The number of hydrogen-bond acceptors (Lipinski definition) is 4. The van der Waals surface area contributed by atoms with Gasteiger partial charge in [0.25, 0.3) is 0 Å². The van der Waals surface area contributed by atoms with Gasteiger partial charge in [-0.2, -0.15) is 0 Å². The maximum absolute atomic E-state index is 11.4. The Bertz CT molecular complexity index is 1190. The molecular weight excluding hydrogens is 412 g/mol. The quantitative estimate of drug-likeness (QED) is 0.388. The molecular formula is C24H18N2O6. The number of primary amides is 2. The summed E-state index contributed by atoms with van der Waals surface area (Å²) in [6.07, 6.45) is 0. The summed E-state index contributed by atoms with van der Waals surface area (Å²) < 4.78 is 0. The predicted octanol–water partition coefficient (Wildman–Crippen LogP) is 3.27. The van der Waals surface area contributed by atoms with Crippen LogP contribution in [0.1, 0.15) is 41.4 Å². The van der Waals surface area contributed by atoms with Crippen molar-refractivity contribution >= 4 is 45.3 Å². The Hall–Kier alpha value is -4.72. The Balaban J connectivity index is 0.000000238. The highest BCUT2D eigenvalue weighted by molar-refractivity contribution is 6.12. The average molecular weight is 430 g/mol. The Labute approximate surface area is 181 Å². The molecule has 32 heavy (non-hydrogen) atoms. The van der Waals surface area contributed by atoms with Crippen LogP contribution in [0.4, 0.5) is 0 Å². The van der Waals surface area contributed by atoms with E-state index in [1.165, 1.54) is 22.9 Å². The number of nitrogens with two attached hydrogens (primary N) is 2. The molecule has 0 aliphatic carbocycles. The minimum absolute atomic E-state index is 0.167. The highest BCUT2D eigenvalue weighted by Gasteiger charge is 2.20. The molecule has 0 radical (unpaired) electrons. The lowest BCUT2D eigenvalue weighted by molar-refractivity contribution is 0.0652. The lowest BCUT2D eigenvalue weighted by atomic mass is 9.95. The van der Waals surface area contributed by atoms with E-state index in [0.717, 1.165) is 12.1 Å². The first-order chi connectivity index (χ1) is 15.2. The first kappa shape index (κ1) is 22.0. The van der Waals surface area contributed by atoms with Crippen LogP contribution in [0.5, 0.6) is 0 Å². The minimum atomic E-state index is -1.43. The van der Waals surface area contributed by atoms with Crippen LogP contribution < -0.4 is 11.5 Å². The van der Waals surface area contributed by atoms with Crippen LogP contribution in [0.15, 0.2) is 72.8 Å². The standard InChI is InChI=1S/C14H10N2O6.C10H8/c15-11(17)7-1-5-3-9(13(19)20)10(14(21)22)4-6(5)2-8(7)12(16)18;1-2-6-10-8-4-3-7-9(10)5-1/h1-4H,(H2,15,17)(H2,16,18)(H,19,20)(H,21,22);1-8H. The van der Waals surface area contributed by atoms with Crippen LogP contribution in [0.3, 0.4) is 0 Å². The van der Waals surface area contributed by atoms with E-state index in [1.54, 1.807) is 0 Å².